The lowest BCUT2D eigenvalue weighted by Gasteiger charge is -1.97. The Bertz CT molecular complexity index is 447. The summed E-state index contributed by atoms with van der Waals surface area (Å²) in [7, 11) is 0. The van der Waals surface area contributed by atoms with Gasteiger partial charge in [0.25, 0.3) is 0 Å². The summed E-state index contributed by atoms with van der Waals surface area (Å²) in [4.78, 5) is 6.88. The summed E-state index contributed by atoms with van der Waals surface area (Å²) < 4.78 is 13.0. The first-order chi connectivity index (χ1) is 6.20. The highest BCUT2D eigenvalue weighted by atomic mass is 19.1. The number of fused-ring (bicyclic) bond motifs is 1. The van der Waals surface area contributed by atoms with Crippen molar-refractivity contribution < 1.29 is 4.39 Å². The maximum atomic E-state index is 13.0. The topological polar surface area (TPSA) is 54.7 Å². The Kier molecular flexibility index (Phi) is 1.69. The molecule has 0 bridgehead atoms. The summed E-state index contributed by atoms with van der Waals surface area (Å²) >= 11 is 0. The number of hydrogen-bond acceptors (Lipinski definition) is 2. The first kappa shape index (κ1) is 8.04. The molecule has 4 heteroatoms. The zero-order valence-corrected chi connectivity index (χ0v) is 7.26. The number of rotatable bonds is 1. The van der Waals surface area contributed by atoms with Crippen LogP contribution < -0.4 is 5.73 Å². The van der Waals surface area contributed by atoms with Crippen LogP contribution in [0.15, 0.2) is 12.1 Å². The fourth-order valence-corrected chi connectivity index (χ4v) is 1.44. The van der Waals surface area contributed by atoms with E-state index in [9.17, 15) is 4.39 Å². The van der Waals surface area contributed by atoms with Crippen molar-refractivity contribution in [2.24, 2.45) is 0 Å². The molecule has 0 aliphatic heterocycles. The number of anilines is 1. The number of imidazole rings is 1. The highest BCUT2D eigenvalue weighted by Crippen LogP contribution is 2.19. The molecule has 3 N–H and O–H groups in total. The molecule has 0 aliphatic rings. The van der Waals surface area contributed by atoms with Crippen LogP contribution in [0.1, 0.15) is 12.5 Å². The van der Waals surface area contributed by atoms with Gasteiger partial charge < -0.3 is 10.7 Å². The van der Waals surface area contributed by atoms with Gasteiger partial charge in [0.2, 0.25) is 0 Å². The number of aryl methyl sites for hydroxylation is 1. The largest absolute Gasteiger partial charge is 0.369 e. The molecule has 1 aromatic carbocycles. The van der Waals surface area contributed by atoms with E-state index in [-0.39, 0.29) is 5.82 Å². The van der Waals surface area contributed by atoms with Crippen LogP contribution in [0.25, 0.3) is 11.0 Å². The predicted octanol–water partition coefficient (Wildman–Crippen LogP) is 1.85. The van der Waals surface area contributed by atoms with Crippen molar-refractivity contribution in [1.29, 1.82) is 0 Å². The third-order valence-electron chi connectivity index (χ3n) is 2.03. The van der Waals surface area contributed by atoms with Gasteiger partial charge in [0.05, 0.1) is 11.0 Å². The van der Waals surface area contributed by atoms with Gasteiger partial charge in [-0.3, -0.25) is 0 Å². The van der Waals surface area contributed by atoms with Gasteiger partial charge in [-0.1, -0.05) is 6.92 Å². The van der Waals surface area contributed by atoms with E-state index in [2.05, 4.69) is 9.97 Å². The molecule has 68 valence electrons. The van der Waals surface area contributed by atoms with Crippen molar-refractivity contribution in [2.75, 3.05) is 5.73 Å². The van der Waals surface area contributed by atoms with Crippen molar-refractivity contribution in [3.8, 4) is 0 Å². The zero-order chi connectivity index (χ0) is 9.42. The molecule has 0 fully saturated rings. The third-order valence-corrected chi connectivity index (χ3v) is 2.03. The lowest BCUT2D eigenvalue weighted by atomic mass is 10.1. The van der Waals surface area contributed by atoms with Gasteiger partial charge in [-0.2, -0.15) is 0 Å². The lowest BCUT2D eigenvalue weighted by Crippen LogP contribution is -1.86. The molecule has 0 amide bonds. The molecule has 2 rings (SSSR count). The highest BCUT2D eigenvalue weighted by molar-refractivity contribution is 5.80. The predicted molar refractivity (Wildman–Crippen MR) is 49.8 cm³/mol. The maximum absolute atomic E-state index is 13.0. The Morgan fingerprint density at radius 3 is 3.00 bits per heavy atom. The molecule has 0 unspecified atom stereocenters. The van der Waals surface area contributed by atoms with E-state index < -0.39 is 0 Å². The van der Waals surface area contributed by atoms with Gasteiger partial charge in [-0.15, -0.1) is 0 Å². The summed E-state index contributed by atoms with van der Waals surface area (Å²) in [5, 5.41) is 0. The quantitative estimate of drug-likeness (QED) is 0.701. The van der Waals surface area contributed by atoms with Gasteiger partial charge >= 0.3 is 0 Å². The van der Waals surface area contributed by atoms with E-state index in [1.165, 1.54) is 12.1 Å². The minimum Gasteiger partial charge on any atom is -0.369 e. The molecule has 1 aromatic heterocycles. The van der Waals surface area contributed by atoms with Crippen molar-refractivity contribution in [3.05, 3.63) is 23.5 Å². The number of benzene rings is 1. The van der Waals surface area contributed by atoms with Gasteiger partial charge in [0.1, 0.15) is 5.82 Å². The fraction of sp³-hybridized carbons (Fsp3) is 0.222. The second-order valence-electron chi connectivity index (χ2n) is 2.94. The van der Waals surface area contributed by atoms with Crippen LogP contribution >= 0.6 is 0 Å². The van der Waals surface area contributed by atoms with E-state index in [4.69, 9.17) is 5.73 Å². The van der Waals surface area contributed by atoms with Gasteiger partial charge in [-0.05, 0) is 24.1 Å². The van der Waals surface area contributed by atoms with E-state index in [1.807, 2.05) is 6.92 Å². The van der Waals surface area contributed by atoms with Crippen LogP contribution in [0.5, 0.6) is 0 Å². The molecule has 2 aromatic rings. The number of nitrogens with two attached hydrogens (primary N) is 1. The summed E-state index contributed by atoms with van der Waals surface area (Å²) in [5.41, 5.74) is 7.78. The normalized spacial score (nSPS) is 10.9. The van der Waals surface area contributed by atoms with Gasteiger partial charge in [0.15, 0.2) is 5.95 Å². The number of nitrogens with one attached hydrogen (secondary N) is 1. The Morgan fingerprint density at radius 1 is 1.54 bits per heavy atom. The van der Waals surface area contributed by atoms with Crippen molar-refractivity contribution in [1.82, 2.24) is 9.97 Å². The first-order valence-corrected chi connectivity index (χ1v) is 4.14. The zero-order valence-electron chi connectivity index (χ0n) is 7.26. The summed E-state index contributed by atoms with van der Waals surface area (Å²) in [6.07, 6.45) is 0.749. The standard InChI is InChI=1S/C9H10FN3/c1-2-5-3-6(10)4-7-8(5)13-9(11)12-7/h3-4H,2H2,1H3,(H3,11,12,13). The second kappa shape index (κ2) is 2.73. The van der Waals surface area contributed by atoms with E-state index in [1.54, 1.807) is 0 Å². The Hall–Kier alpha value is -1.58. The number of nitrogens with zero attached hydrogens (tertiary/aromatic N) is 1. The van der Waals surface area contributed by atoms with Crippen LogP contribution in [0.4, 0.5) is 10.3 Å². The smallest absolute Gasteiger partial charge is 0.198 e. The number of halogens is 1. The van der Waals surface area contributed by atoms with Crippen molar-refractivity contribution in [3.63, 3.8) is 0 Å². The fourth-order valence-electron chi connectivity index (χ4n) is 1.44. The van der Waals surface area contributed by atoms with Gasteiger partial charge in [-0.25, -0.2) is 9.37 Å². The molecule has 0 aliphatic carbocycles. The molecular formula is C9H10FN3. The molecule has 0 atom stereocenters. The molecule has 0 saturated heterocycles. The van der Waals surface area contributed by atoms with Crippen LogP contribution in [0.2, 0.25) is 0 Å². The Labute approximate surface area is 74.8 Å². The minimum absolute atomic E-state index is 0.256. The average Bonchev–Trinajstić information content (AvgIpc) is 2.43. The number of nitrogen functional groups attached to an aromatic ring is 1. The molecular weight excluding hydrogens is 169 g/mol. The SMILES string of the molecule is CCc1cc(F)cc2[nH]c(N)nc12. The summed E-state index contributed by atoms with van der Waals surface area (Å²) in [6, 6.07) is 2.89. The monoisotopic (exact) mass is 179 g/mol. The first-order valence-electron chi connectivity index (χ1n) is 4.14. The number of aromatic amines is 1. The molecule has 0 spiro atoms. The maximum Gasteiger partial charge on any atom is 0.198 e. The van der Waals surface area contributed by atoms with Gasteiger partial charge in [0, 0.05) is 0 Å². The summed E-state index contributed by atoms with van der Waals surface area (Å²) in [6.45, 7) is 1.96. The third kappa shape index (κ3) is 1.24. The molecule has 13 heavy (non-hydrogen) atoms. The molecule has 0 saturated carbocycles. The Balaban J connectivity index is 2.80. The molecule has 3 nitrogen and oxygen atoms in total. The van der Waals surface area contributed by atoms with Crippen LogP contribution in [-0.2, 0) is 6.42 Å². The second-order valence-corrected chi connectivity index (χ2v) is 2.94. The highest BCUT2D eigenvalue weighted by Gasteiger charge is 2.06. The van der Waals surface area contributed by atoms with Crippen molar-refractivity contribution >= 4 is 17.0 Å². The van der Waals surface area contributed by atoms with E-state index >= 15 is 0 Å². The molecule has 1 heterocycles. The van der Waals surface area contributed by atoms with Crippen LogP contribution in [0, 0.1) is 5.82 Å². The number of H-pyrrole nitrogens is 1. The number of hydrogen-bond donors (Lipinski definition) is 2. The minimum atomic E-state index is -0.256. The number of aromatic nitrogens is 2. The lowest BCUT2D eigenvalue weighted by molar-refractivity contribution is 0.627. The van der Waals surface area contributed by atoms with E-state index in [0.717, 1.165) is 17.5 Å². The average molecular weight is 179 g/mol. The molecule has 0 radical (unpaired) electrons. The van der Waals surface area contributed by atoms with Crippen molar-refractivity contribution in [2.45, 2.75) is 13.3 Å². The summed E-state index contributed by atoms with van der Waals surface area (Å²) in [5.74, 6) is 0.0725. The van der Waals surface area contributed by atoms with Crippen LogP contribution in [-0.4, -0.2) is 9.97 Å². The van der Waals surface area contributed by atoms with E-state index in [0.29, 0.717) is 11.5 Å². The Morgan fingerprint density at radius 2 is 2.31 bits per heavy atom. The van der Waals surface area contributed by atoms with Crippen LogP contribution in [0.3, 0.4) is 0 Å².